The van der Waals surface area contributed by atoms with Crippen molar-refractivity contribution in [1.29, 1.82) is 0 Å². The van der Waals surface area contributed by atoms with Gasteiger partial charge in [-0.3, -0.25) is 4.79 Å². The number of rotatable bonds is 11. The van der Waals surface area contributed by atoms with E-state index in [-0.39, 0.29) is 69.9 Å². The van der Waals surface area contributed by atoms with Crippen LogP contribution in [-0.2, 0) is 25.4 Å². The average Bonchev–Trinajstić information content (AvgIpc) is 3.19. The largest absolute Gasteiger partial charge is 1.00 e. The van der Waals surface area contributed by atoms with E-state index in [2.05, 4.69) is 0 Å². The van der Waals surface area contributed by atoms with Crippen molar-refractivity contribution in [3.63, 3.8) is 0 Å². The summed E-state index contributed by atoms with van der Waals surface area (Å²) >= 11 is 0. The predicted octanol–water partition coefficient (Wildman–Crippen LogP) is -5.41. The van der Waals surface area contributed by atoms with Gasteiger partial charge in [-0.1, -0.05) is 11.6 Å². The monoisotopic (exact) mass is 847 g/mol. The van der Waals surface area contributed by atoms with E-state index in [0.717, 1.165) is 11.6 Å². The Hall–Kier alpha value is -2.97. The molecule has 0 radical (unpaired) electrons. The molecule has 15 atom stereocenters. The van der Waals surface area contributed by atoms with Crippen LogP contribution in [0.5, 0.6) is 23.0 Å². The van der Waals surface area contributed by atoms with Crippen molar-refractivity contribution in [3.05, 3.63) is 57.8 Å². The molecule has 3 aliphatic rings. The van der Waals surface area contributed by atoms with Crippen LogP contribution in [0.2, 0.25) is 0 Å². The summed E-state index contributed by atoms with van der Waals surface area (Å²) in [5.74, 6) is -2.08. The van der Waals surface area contributed by atoms with E-state index in [1.165, 1.54) is 31.2 Å². The quantitative estimate of drug-likeness (QED) is 0.0633. The summed E-state index contributed by atoms with van der Waals surface area (Å²) in [6.45, 7) is 3.38. The Morgan fingerprint density at radius 3 is 1.88 bits per heavy atom. The molecule has 0 aliphatic carbocycles. The van der Waals surface area contributed by atoms with Gasteiger partial charge in [0.15, 0.2) is 18.2 Å². The summed E-state index contributed by atoms with van der Waals surface area (Å²) in [6.07, 6.45) is -23.8. The number of phenols is 2. The molecule has 0 unspecified atom stereocenters. The van der Waals surface area contributed by atoms with Gasteiger partial charge in [-0.2, -0.15) is 0 Å². The molecule has 59 heavy (non-hydrogen) atoms. The maximum Gasteiger partial charge on any atom is 1.00 e. The minimum atomic E-state index is -1.95. The van der Waals surface area contributed by atoms with E-state index in [4.69, 9.17) is 32.8 Å². The maximum atomic E-state index is 14.7. The number of aromatic hydroxyl groups is 2. The van der Waals surface area contributed by atoms with E-state index in [1.807, 2.05) is 0 Å². The number of hydrogen-bond acceptors (Lipinski definition) is 20. The van der Waals surface area contributed by atoms with Gasteiger partial charge in [0, 0.05) is 17.2 Å². The van der Waals surface area contributed by atoms with Gasteiger partial charge in [0.25, 0.3) is 0 Å². The summed E-state index contributed by atoms with van der Waals surface area (Å²) in [6, 6.07) is 6.28. The normalized spacial score (nSPS) is 34.8. The number of aliphatic hydroxyl groups excluding tert-OH is 10. The van der Waals surface area contributed by atoms with Crippen molar-refractivity contribution in [2.75, 3.05) is 13.2 Å². The molecule has 2 aromatic carbocycles. The first-order valence-corrected chi connectivity index (χ1v) is 18.4. The summed E-state index contributed by atoms with van der Waals surface area (Å²) < 4.78 is 41.1. The van der Waals surface area contributed by atoms with Crippen LogP contribution in [0.15, 0.2) is 51.2 Å². The Kier molecular flexibility index (Phi) is 15.5. The van der Waals surface area contributed by atoms with E-state index in [1.54, 1.807) is 19.9 Å². The van der Waals surface area contributed by atoms with Crippen LogP contribution >= 0.6 is 0 Å². The van der Waals surface area contributed by atoms with Crippen molar-refractivity contribution < 1.29 is 124 Å². The van der Waals surface area contributed by atoms with E-state index in [0.29, 0.717) is 0 Å². The fraction of sp³-hybridized carbons (Fsp3) is 0.553. The van der Waals surface area contributed by atoms with Gasteiger partial charge in [-0.15, -0.1) is 0 Å². The fourth-order valence-electron chi connectivity index (χ4n) is 6.86. The molecule has 320 valence electrons. The summed E-state index contributed by atoms with van der Waals surface area (Å²) in [5.41, 5.74) is -0.255. The zero-order valence-corrected chi connectivity index (χ0v) is 34.4. The summed E-state index contributed by atoms with van der Waals surface area (Å²) in [4.78, 5) is 14.7. The van der Waals surface area contributed by atoms with Crippen molar-refractivity contribution in [2.45, 2.75) is 119 Å². The number of ether oxygens (including phenoxy) is 6. The van der Waals surface area contributed by atoms with Gasteiger partial charge in [-0.05, 0) is 51.5 Å². The van der Waals surface area contributed by atoms with E-state index < -0.39 is 128 Å². The molecule has 1 aromatic heterocycles. The molecular weight excluding hydrogens is 799 g/mol. The SMILES string of the molecule is CC(C)=CCc1c(O[C@@H]2O[C@H](CO)[C@@H](O)[C@H](O)[C@H]2O)cc(O)c2c(=O)c(O[C@@H]3O[C@@H](C)[C@H](O)[C@@H](O)[C@H]3O[C@@H]3O[C@H](CO)[C@@H](O)[C@H](O)[C@H]3O)c(-c3ccc(O)cc3)oc12.[Na+]. The first-order valence-electron chi connectivity index (χ1n) is 18.4. The van der Waals surface area contributed by atoms with Gasteiger partial charge < -0.3 is 94.1 Å². The Morgan fingerprint density at radius 2 is 1.31 bits per heavy atom. The molecule has 3 saturated heterocycles. The molecule has 3 aliphatic heterocycles. The molecule has 4 heterocycles. The van der Waals surface area contributed by atoms with Crippen LogP contribution in [0.1, 0.15) is 26.3 Å². The maximum absolute atomic E-state index is 14.7. The first kappa shape index (κ1) is 47.1. The minimum absolute atomic E-state index is 0. The third kappa shape index (κ3) is 9.44. The van der Waals surface area contributed by atoms with Gasteiger partial charge in [0.2, 0.25) is 23.8 Å². The fourth-order valence-corrected chi connectivity index (χ4v) is 6.86. The standard InChI is InChI=1S/C38H48O20.Na/c1-13(2)4-9-17-19(53-36-30(50)27(47)24(44)20(11-39)54-36)10-18(42)22-26(46)34(32(56-33(17)22)15-5-7-16(41)8-6-15)57-38-35(29(49)23(43)14(3)52-38)58-37-31(51)28(48)25(45)21(12-40)55-37;/h4-8,10,14,20-21,23-25,27-31,35-45,47-51H,9,11-12H2,1-3H3;/q;+1/t14-,20+,21+,23-,24+,25+,27-,28-,29+,30+,31+,35+,36+,37-,38-;/m0./s1. The number of aliphatic hydroxyl groups is 10. The molecule has 0 amide bonds. The minimum Gasteiger partial charge on any atom is -0.508 e. The van der Waals surface area contributed by atoms with Gasteiger partial charge in [-0.25, -0.2) is 0 Å². The smallest absolute Gasteiger partial charge is 0.508 e. The zero-order valence-electron chi connectivity index (χ0n) is 32.4. The Morgan fingerprint density at radius 1 is 0.729 bits per heavy atom. The van der Waals surface area contributed by atoms with Crippen LogP contribution in [0.3, 0.4) is 0 Å². The molecular formula is C38H48NaO20+. The molecule has 12 N–H and O–H groups in total. The Labute approximate surface area is 357 Å². The van der Waals surface area contributed by atoms with Crippen LogP contribution < -0.4 is 44.5 Å². The molecule has 3 aromatic rings. The zero-order chi connectivity index (χ0) is 42.3. The second kappa shape index (κ2) is 19.4. The number of benzene rings is 2. The third-order valence-corrected chi connectivity index (χ3v) is 10.3. The van der Waals surface area contributed by atoms with Gasteiger partial charge in [0.1, 0.15) is 89.3 Å². The third-order valence-electron chi connectivity index (χ3n) is 10.3. The Balaban J connectivity index is 0.00000661. The summed E-state index contributed by atoms with van der Waals surface area (Å²) in [5, 5.41) is 125. The van der Waals surface area contributed by atoms with Gasteiger partial charge >= 0.3 is 29.6 Å². The molecule has 0 bridgehead atoms. The van der Waals surface area contributed by atoms with Crippen molar-refractivity contribution >= 4 is 11.0 Å². The second-order valence-electron chi connectivity index (χ2n) is 14.6. The topological polar surface area (TPSA) is 328 Å². The number of allylic oxidation sites excluding steroid dienone is 2. The van der Waals surface area contributed by atoms with Crippen molar-refractivity contribution in [2.24, 2.45) is 0 Å². The first-order chi connectivity index (χ1) is 27.5. The summed E-state index contributed by atoms with van der Waals surface area (Å²) in [7, 11) is 0. The van der Waals surface area contributed by atoms with Crippen LogP contribution in [0.4, 0.5) is 0 Å². The number of hydrogen-bond donors (Lipinski definition) is 12. The number of phenolic OH excluding ortho intramolecular Hbond substituents is 2. The molecule has 21 heteroatoms. The van der Waals surface area contributed by atoms with Crippen LogP contribution in [-0.4, -0.2) is 167 Å². The Bertz CT molecular complexity index is 1980. The average molecular weight is 848 g/mol. The molecule has 20 nitrogen and oxygen atoms in total. The molecule has 3 fully saturated rings. The second-order valence-corrected chi connectivity index (χ2v) is 14.6. The van der Waals surface area contributed by atoms with E-state index in [9.17, 15) is 66.1 Å². The van der Waals surface area contributed by atoms with Gasteiger partial charge in [0.05, 0.1) is 19.3 Å². The molecule has 0 spiro atoms. The number of fused-ring (bicyclic) bond motifs is 1. The predicted molar refractivity (Wildman–Crippen MR) is 194 cm³/mol. The molecule has 0 saturated carbocycles. The molecule has 6 rings (SSSR count). The van der Waals surface area contributed by atoms with Crippen LogP contribution in [0, 0.1) is 0 Å². The van der Waals surface area contributed by atoms with Crippen molar-refractivity contribution in [3.8, 4) is 34.3 Å². The van der Waals surface area contributed by atoms with E-state index >= 15 is 0 Å². The van der Waals surface area contributed by atoms with Crippen LogP contribution in [0.25, 0.3) is 22.3 Å². The van der Waals surface area contributed by atoms with Crippen molar-refractivity contribution in [1.82, 2.24) is 0 Å².